The van der Waals surface area contributed by atoms with Gasteiger partial charge in [-0.15, -0.1) is 0 Å². The molecule has 0 saturated heterocycles. The van der Waals surface area contributed by atoms with Crippen LogP contribution in [-0.4, -0.2) is 175 Å². The number of nitrogens with zero attached hydrogens (tertiary/aromatic N) is 2. The molecule has 0 aliphatic heterocycles. The fourth-order valence-electron chi connectivity index (χ4n) is 1.87. The SMILES string of the molecule is O=C([O-])CN(CCOCCOCCN(CC(=O)[O-])CC(=O)[O-])CC(=O)[O-].[Ca+2].[Ca+2]. The van der Waals surface area contributed by atoms with Gasteiger partial charge in [-0.05, 0) is 0 Å². The second-order valence-electron chi connectivity index (χ2n) is 5.13. The van der Waals surface area contributed by atoms with E-state index in [1.807, 2.05) is 0 Å². The van der Waals surface area contributed by atoms with Crippen molar-refractivity contribution in [1.82, 2.24) is 9.80 Å². The van der Waals surface area contributed by atoms with E-state index in [1.54, 1.807) is 0 Å². The number of aliphatic carboxylic acids is 4. The van der Waals surface area contributed by atoms with Gasteiger partial charge in [0.2, 0.25) is 0 Å². The number of carbonyl (C=O) groups excluding carboxylic acids is 4. The van der Waals surface area contributed by atoms with E-state index in [4.69, 9.17) is 9.47 Å². The number of rotatable bonds is 17. The Hall–Kier alpha value is 0.239. The molecule has 0 aliphatic carbocycles. The van der Waals surface area contributed by atoms with E-state index < -0.39 is 50.1 Å². The number of carboxylic acids is 4. The van der Waals surface area contributed by atoms with Gasteiger partial charge in [0.05, 0.1) is 50.3 Å². The summed E-state index contributed by atoms with van der Waals surface area (Å²) in [5.41, 5.74) is 0. The largest absolute Gasteiger partial charge is 2.00 e. The van der Waals surface area contributed by atoms with Gasteiger partial charge in [-0.1, -0.05) is 0 Å². The average Bonchev–Trinajstić information content (AvgIpc) is 2.47. The number of ether oxygens (including phenoxy) is 2. The van der Waals surface area contributed by atoms with E-state index in [-0.39, 0.29) is 115 Å². The molecular formula is C14H20Ca2N2O10. The predicted octanol–water partition coefficient (Wildman–Crippen LogP) is -8.14. The van der Waals surface area contributed by atoms with Crippen LogP contribution in [0.15, 0.2) is 0 Å². The molecule has 0 unspecified atom stereocenters. The Kier molecular flexibility index (Phi) is 24.1. The van der Waals surface area contributed by atoms with E-state index in [0.29, 0.717) is 0 Å². The molecule has 0 rings (SSSR count). The van der Waals surface area contributed by atoms with E-state index in [9.17, 15) is 39.6 Å². The molecule has 0 aliphatic rings. The van der Waals surface area contributed by atoms with Crippen LogP contribution in [0.3, 0.4) is 0 Å². The van der Waals surface area contributed by atoms with Crippen molar-refractivity contribution in [3.8, 4) is 0 Å². The number of carbonyl (C=O) groups is 4. The number of carboxylic acid groups (broad SMARTS) is 4. The van der Waals surface area contributed by atoms with Gasteiger partial charge < -0.3 is 49.1 Å². The molecule has 14 heteroatoms. The zero-order chi connectivity index (χ0) is 19.9. The smallest absolute Gasteiger partial charge is 0.549 e. The van der Waals surface area contributed by atoms with Crippen LogP contribution in [0.25, 0.3) is 0 Å². The predicted molar refractivity (Wildman–Crippen MR) is 86.1 cm³/mol. The number of hydrogen-bond donors (Lipinski definition) is 0. The van der Waals surface area contributed by atoms with Crippen LogP contribution < -0.4 is 20.4 Å². The summed E-state index contributed by atoms with van der Waals surface area (Å²) in [6.45, 7) is -1.88. The maximum absolute atomic E-state index is 10.5. The van der Waals surface area contributed by atoms with Crippen molar-refractivity contribution in [2.75, 3.05) is 65.7 Å². The third-order valence-electron chi connectivity index (χ3n) is 2.89. The second kappa shape index (κ2) is 20.5. The quantitative estimate of drug-likeness (QED) is 0.149. The molecule has 0 fully saturated rings. The van der Waals surface area contributed by atoms with Crippen molar-refractivity contribution in [1.29, 1.82) is 0 Å². The Bertz CT molecular complexity index is 407. The second-order valence-corrected chi connectivity index (χ2v) is 5.13. The van der Waals surface area contributed by atoms with Gasteiger partial charge in [0.15, 0.2) is 0 Å². The molecule has 12 nitrogen and oxygen atoms in total. The van der Waals surface area contributed by atoms with Crippen LogP contribution in [0.1, 0.15) is 0 Å². The van der Waals surface area contributed by atoms with Crippen LogP contribution in [0, 0.1) is 0 Å². The first-order valence-corrected chi connectivity index (χ1v) is 7.60. The van der Waals surface area contributed by atoms with Gasteiger partial charge in [0.25, 0.3) is 0 Å². The first kappa shape index (κ1) is 32.9. The Balaban J connectivity index is -0.00000312. The first-order valence-electron chi connectivity index (χ1n) is 7.60. The standard InChI is InChI=1S/C14H24N2O10.2Ca/c17-11(18)7-15(8-12(19)20)1-3-25-5-6-26-4-2-16(9-13(21)22)10-14(23)24;;/h1-10H2,(H,17,18)(H,19,20)(H,21,22)(H,23,24);;/q;2*+2/p-4. The molecular weight excluding hydrogens is 436 g/mol. The molecule has 0 aromatic rings. The molecule has 0 atom stereocenters. The normalized spacial score (nSPS) is 10.2. The van der Waals surface area contributed by atoms with Crippen molar-refractivity contribution < 1.29 is 49.1 Å². The van der Waals surface area contributed by atoms with E-state index in [2.05, 4.69) is 0 Å². The average molecular weight is 456 g/mol. The van der Waals surface area contributed by atoms with Crippen molar-refractivity contribution in [3.05, 3.63) is 0 Å². The third kappa shape index (κ3) is 22.5. The monoisotopic (exact) mass is 456 g/mol. The van der Waals surface area contributed by atoms with Gasteiger partial charge in [0, 0.05) is 39.3 Å². The fourth-order valence-corrected chi connectivity index (χ4v) is 1.87. The summed E-state index contributed by atoms with van der Waals surface area (Å²) in [6.07, 6.45) is 0. The molecule has 0 bridgehead atoms. The minimum atomic E-state index is -1.42. The summed E-state index contributed by atoms with van der Waals surface area (Å²) < 4.78 is 10.3. The summed E-state index contributed by atoms with van der Waals surface area (Å²) in [4.78, 5) is 44.0. The molecule has 0 N–H and O–H groups in total. The zero-order valence-electron chi connectivity index (χ0n) is 15.5. The zero-order valence-corrected chi connectivity index (χ0v) is 19.9. The summed E-state index contributed by atoms with van der Waals surface area (Å²) in [7, 11) is 0. The topological polar surface area (TPSA) is 185 Å². The summed E-state index contributed by atoms with van der Waals surface area (Å²) >= 11 is 0. The Labute approximate surface area is 221 Å². The van der Waals surface area contributed by atoms with E-state index in [1.165, 1.54) is 0 Å². The molecule has 150 valence electrons. The van der Waals surface area contributed by atoms with Gasteiger partial charge in [0.1, 0.15) is 0 Å². The Morgan fingerprint density at radius 3 is 1.00 bits per heavy atom. The fraction of sp³-hybridized carbons (Fsp3) is 0.714. The van der Waals surface area contributed by atoms with Crippen molar-refractivity contribution in [2.45, 2.75) is 0 Å². The van der Waals surface area contributed by atoms with Gasteiger partial charge in [-0.3, -0.25) is 9.80 Å². The third-order valence-corrected chi connectivity index (χ3v) is 2.89. The van der Waals surface area contributed by atoms with Crippen molar-refractivity contribution in [2.24, 2.45) is 0 Å². The molecule has 0 amide bonds. The minimum absolute atomic E-state index is 0. The maximum Gasteiger partial charge on any atom is 2.00 e. The molecule has 0 aromatic heterocycles. The summed E-state index contributed by atoms with van der Waals surface area (Å²) in [6, 6.07) is 0. The van der Waals surface area contributed by atoms with Gasteiger partial charge in [-0.2, -0.15) is 0 Å². The Morgan fingerprint density at radius 2 is 0.786 bits per heavy atom. The molecule has 0 spiro atoms. The molecule has 28 heavy (non-hydrogen) atoms. The van der Waals surface area contributed by atoms with Crippen LogP contribution in [0.4, 0.5) is 0 Å². The van der Waals surface area contributed by atoms with Crippen molar-refractivity contribution in [3.63, 3.8) is 0 Å². The number of hydrogen-bond acceptors (Lipinski definition) is 12. The van der Waals surface area contributed by atoms with Gasteiger partial charge in [-0.25, -0.2) is 0 Å². The maximum atomic E-state index is 10.5. The van der Waals surface area contributed by atoms with Gasteiger partial charge >= 0.3 is 75.5 Å². The summed E-state index contributed by atoms with van der Waals surface area (Å²) in [5, 5.41) is 41.9. The van der Waals surface area contributed by atoms with Crippen molar-refractivity contribution >= 4 is 99.4 Å². The Morgan fingerprint density at radius 1 is 0.536 bits per heavy atom. The van der Waals surface area contributed by atoms with Crippen LogP contribution >= 0.6 is 0 Å². The molecule has 0 heterocycles. The van der Waals surface area contributed by atoms with Crippen LogP contribution in [0.2, 0.25) is 0 Å². The minimum Gasteiger partial charge on any atom is -0.549 e. The van der Waals surface area contributed by atoms with E-state index >= 15 is 0 Å². The first-order chi connectivity index (χ1) is 12.2. The molecule has 0 aromatic carbocycles. The molecule has 0 saturated carbocycles. The summed E-state index contributed by atoms with van der Waals surface area (Å²) in [5.74, 6) is -5.70. The molecule has 0 radical (unpaired) electrons. The van der Waals surface area contributed by atoms with Crippen LogP contribution in [0.5, 0.6) is 0 Å². The van der Waals surface area contributed by atoms with E-state index in [0.717, 1.165) is 9.80 Å². The van der Waals surface area contributed by atoms with Crippen LogP contribution in [-0.2, 0) is 28.7 Å².